The Kier molecular flexibility index (Phi) is 7.91. The Morgan fingerprint density at radius 3 is 2.72 bits per heavy atom. The number of ether oxygens (including phenoxy) is 3. The van der Waals surface area contributed by atoms with E-state index in [1.165, 1.54) is 14.2 Å². The molecule has 0 bridgehead atoms. The zero-order valence-corrected chi connectivity index (χ0v) is 15.3. The van der Waals surface area contributed by atoms with E-state index in [9.17, 15) is 4.79 Å². The molecule has 0 unspecified atom stereocenters. The molecule has 1 aliphatic rings. The minimum Gasteiger partial charge on any atom is -0.440 e. The van der Waals surface area contributed by atoms with Gasteiger partial charge in [-0.3, -0.25) is 9.69 Å². The van der Waals surface area contributed by atoms with Crippen LogP contribution in [0.5, 0.6) is 5.75 Å². The van der Waals surface area contributed by atoms with Gasteiger partial charge < -0.3 is 19.1 Å². The molecule has 0 N–H and O–H groups in total. The summed E-state index contributed by atoms with van der Waals surface area (Å²) in [5.41, 5.74) is 0.565. The lowest BCUT2D eigenvalue weighted by Gasteiger charge is -2.31. The fourth-order valence-electron chi connectivity index (χ4n) is 2.77. The normalized spacial score (nSPS) is 15.0. The Morgan fingerprint density at radius 1 is 1.24 bits per heavy atom. The molecule has 1 aromatic rings. The van der Waals surface area contributed by atoms with Gasteiger partial charge in [0.05, 0.1) is 12.2 Å². The highest BCUT2D eigenvalue weighted by molar-refractivity contribution is 5.98. The molecule has 138 valence electrons. The van der Waals surface area contributed by atoms with Gasteiger partial charge in [0, 0.05) is 40.3 Å². The number of methoxy groups -OCH3 is 2. The monoisotopic (exact) mass is 348 g/mol. The molecular weight excluding hydrogens is 320 g/mol. The van der Waals surface area contributed by atoms with Gasteiger partial charge in [0.15, 0.2) is 5.78 Å². The fraction of sp³-hybridized carbons (Fsp3) is 0.526. The SMILES string of the molecule is CCN1C=CCN(CCCC(=O)c2ccccc2OC(OC)OC)C1. The number of nitrogens with zero attached hydrogens (tertiary/aromatic N) is 2. The van der Waals surface area contributed by atoms with Gasteiger partial charge >= 0.3 is 6.48 Å². The second kappa shape index (κ2) is 10.2. The molecule has 0 aromatic heterocycles. The van der Waals surface area contributed by atoms with E-state index in [1.807, 2.05) is 12.1 Å². The number of carbonyl (C=O) groups is 1. The number of ketones is 1. The zero-order valence-electron chi connectivity index (χ0n) is 15.3. The second-order valence-corrected chi connectivity index (χ2v) is 5.91. The van der Waals surface area contributed by atoms with Crippen LogP contribution in [0.25, 0.3) is 0 Å². The quantitative estimate of drug-likeness (QED) is 0.479. The van der Waals surface area contributed by atoms with Crippen LogP contribution >= 0.6 is 0 Å². The summed E-state index contributed by atoms with van der Waals surface area (Å²) in [7, 11) is 2.98. The van der Waals surface area contributed by atoms with Gasteiger partial charge in [-0.15, -0.1) is 0 Å². The Bertz CT molecular complexity index is 572. The van der Waals surface area contributed by atoms with Crippen molar-refractivity contribution < 1.29 is 19.0 Å². The predicted octanol–water partition coefficient (Wildman–Crippen LogP) is 2.71. The molecule has 6 nitrogen and oxygen atoms in total. The summed E-state index contributed by atoms with van der Waals surface area (Å²) in [5.74, 6) is 0.556. The molecule has 0 radical (unpaired) electrons. The third kappa shape index (κ3) is 5.85. The van der Waals surface area contributed by atoms with Crippen molar-refractivity contribution in [1.29, 1.82) is 0 Å². The van der Waals surface area contributed by atoms with E-state index in [2.05, 4.69) is 29.0 Å². The van der Waals surface area contributed by atoms with Crippen LogP contribution in [-0.4, -0.2) is 62.6 Å². The summed E-state index contributed by atoms with van der Waals surface area (Å²) in [6.07, 6.45) is 5.60. The Labute approximate surface area is 150 Å². The number of benzene rings is 1. The summed E-state index contributed by atoms with van der Waals surface area (Å²) < 4.78 is 15.7. The number of para-hydroxylation sites is 1. The summed E-state index contributed by atoms with van der Waals surface area (Å²) in [5, 5.41) is 0. The van der Waals surface area contributed by atoms with Crippen LogP contribution in [0.1, 0.15) is 30.1 Å². The van der Waals surface area contributed by atoms with Crippen molar-refractivity contribution in [3.05, 3.63) is 42.1 Å². The molecule has 1 aliphatic heterocycles. The number of hydrogen-bond acceptors (Lipinski definition) is 6. The summed E-state index contributed by atoms with van der Waals surface area (Å²) >= 11 is 0. The minimum absolute atomic E-state index is 0.0708. The van der Waals surface area contributed by atoms with Crippen LogP contribution < -0.4 is 4.74 Å². The van der Waals surface area contributed by atoms with E-state index in [4.69, 9.17) is 14.2 Å². The molecule has 0 saturated heterocycles. The molecule has 0 saturated carbocycles. The van der Waals surface area contributed by atoms with Crippen LogP contribution in [0, 0.1) is 0 Å². The van der Waals surface area contributed by atoms with Gasteiger partial charge in [-0.1, -0.05) is 18.2 Å². The molecule has 0 fully saturated rings. The van der Waals surface area contributed by atoms with E-state index in [-0.39, 0.29) is 5.78 Å². The largest absolute Gasteiger partial charge is 0.440 e. The lowest BCUT2D eigenvalue weighted by molar-refractivity contribution is -0.219. The summed E-state index contributed by atoms with van der Waals surface area (Å²) in [4.78, 5) is 17.2. The summed E-state index contributed by atoms with van der Waals surface area (Å²) in [6.45, 7) is 5.07. The van der Waals surface area contributed by atoms with Crippen LogP contribution in [0.2, 0.25) is 0 Å². The van der Waals surface area contributed by atoms with E-state index in [1.54, 1.807) is 12.1 Å². The number of carbonyl (C=O) groups excluding carboxylic acids is 1. The fourth-order valence-corrected chi connectivity index (χ4v) is 2.77. The third-order valence-electron chi connectivity index (χ3n) is 4.14. The van der Waals surface area contributed by atoms with Gasteiger partial charge in [0.1, 0.15) is 5.75 Å². The number of Topliss-reactive ketones (excluding diaryl/α,β-unsaturated/α-hetero) is 1. The van der Waals surface area contributed by atoms with Crippen molar-refractivity contribution >= 4 is 5.78 Å². The Morgan fingerprint density at radius 2 is 2.00 bits per heavy atom. The van der Waals surface area contributed by atoms with Crippen LogP contribution in [0.15, 0.2) is 36.5 Å². The highest BCUT2D eigenvalue weighted by atomic mass is 16.8. The van der Waals surface area contributed by atoms with Crippen molar-refractivity contribution in [2.45, 2.75) is 26.2 Å². The molecule has 0 spiro atoms. The van der Waals surface area contributed by atoms with Gasteiger partial charge in [0.2, 0.25) is 0 Å². The molecule has 25 heavy (non-hydrogen) atoms. The van der Waals surface area contributed by atoms with E-state index in [0.29, 0.717) is 17.7 Å². The summed E-state index contributed by atoms with van der Waals surface area (Å²) in [6, 6.07) is 7.20. The highest BCUT2D eigenvalue weighted by Gasteiger charge is 2.17. The smallest absolute Gasteiger partial charge is 0.315 e. The van der Waals surface area contributed by atoms with Crippen molar-refractivity contribution in [2.24, 2.45) is 0 Å². The first-order valence-corrected chi connectivity index (χ1v) is 8.65. The molecule has 1 aromatic carbocycles. The van der Waals surface area contributed by atoms with Gasteiger partial charge in [0.25, 0.3) is 0 Å². The molecule has 6 heteroatoms. The van der Waals surface area contributed by atoms with Gasteiger partial charge in [-0.2, -0.15) is 0 Å². The lowest BCUT2D eigenvalue weighted by Crippen LogP contribution is -2.39. The van der Waals surface area contributed by atoms with Crippen molar-refractivity contribution in [3.63, 3.8) is 0 Å². The first kappa shape index (κ1) is 19.4. The maximum Gasteiger partial charge on any atom is 0.315 e. The predicted molar refractivity (Wildman–Crippen MR) is 96.4 cm³/mol. The van der Waals surface area contributed by atoms with E-state index < -0.39 is 6.48 Å². The van der Waals surface area contributed by atoms with Gasteiger partial charge in [-0.25, -0.2) is 0 Å². The van der Waals surface area contributed by atoms with E-state index >= 15 is 0 Å². The van der Waals surface area contributed by atoms with Crippen molar-refractivity contribution in [3.8, 4) is 5.75 Å². The average molecular weight is 348 g/mol. The second-order valence-electron chi connectivity index (χ2n) is 5.91. The average Bonchev–Trinajstić information content (AvgIpc) is 2.66. The lowest BCUT2D eigenvalue weighted by atomic mass is 10.1. The molecule has 0 aliphatic carbocycles. The first-order chi connectivity index (χ1) is 12.2. The molecule has 0 atom stereocenters. The standard InChI is InChI=1S/C19H28N2O4/c1-4-20-13-8-14-21(15-20)12-7-10-17(22)16-9-5-6-11-18(16)25-19(23-2)24-3/h5-6,8-9,11,13,19H,4,7,10,12,14-15H2,1-3H3. The third-order valence-corrected chi connectivity index (χ3v) is 4.14. The zero-order chi connectivity index (χ0) is 18.1. The maximum absolute atomic E-state index is 12.6. The number of rotatable bonds is 10. The van der Waals surface area contributed by atoms with Crippen molar-refractivity contribution in [2.75, 3.05) is 40.5 Å². The molecular formula is C19H28N2O4. The topological polar surface area (TPSA) is 51.2 Å². The van der Waals surface area contributed by atoms with E-state index in [0.717, 1.165) is 32.7 Å². The van der Waals surface area contributed by atoms with Crippen LogP contribution in [-0.2, 0) is 9.47 Å². The Balaban J connectivity index is 1.87. The molecule has 0 amide bonds. The molecule has 2 rings (SSSR count). The van der Waals surface area contributed by atoms with Gasteiger partial charge in [-0.05, 0) is 31.7 Å². The number of hydrogen-bond donors (Lipinski definition) is 0. The first-order valence-electron chi connectivity index (χ1n) is 8.65. The molecule has 1 heterocycles. The Hall–Kier alpha value is -1.89. The highest BCUT2D eigenvalue weighted by Crippen LogP contribution is 2.22. The van der Waals surface area contributed by atoms with Crippen LogP contribution in [0.3, 0.4) is 0 Å². The van der Waals surface area contributed by atoms with Crippen LogP contribution in [0.4, 0.5) is 0 Å². The minimum atomic E-state index is -0.825. The maximum atomic E-state index is 12.6. The van der Waals surface area contributed by atoms with Crippen molar-refractivity contribution in [1.82, 2.24) is 9.80 Å².